The van der Waals surface area contributed by atoms with Crippen LogP contribution in [0.1, 0.15) is 31.7 Å². The van der Waals surface area contributed by atoms with Gasteiger partial charge in [-0.25, -0.2) is 18.0 Å². The average Bonchev–Trinajstić information content (AvgIpc) is 3.60. The molecule has 0 aromatic heterocycles. The van der Waals surface area contributed by atoms with Crippen LogP contribution in [0.25, 0.3) is 10.8 Å². The highest BCUT2D eigenvalue weighted by molar-refractivity contribution is 7.93. The summed E-state index contributed by atoms with van der Waals surface area (Å²) in [6.07, 6.45) is 5.31. The minimum atomic E-state index is -4.08. The van der Waals surface area contributed by atoms with E-state index < -0.39 is 51.8 Å². The van der Waals surface area contributed by atoms with Crippen molar-refractivity contribution in [2.45, 2.75) is 49.6 Å². The first-order valence-electron chi connectivity index (χ1n) is 19.2. The molecule has 1 aliphatic carbocycles. The van der Waals surface area contributed by atoms with Gasteiger partial charge in [-0.15, -0.1) is 6.58 Å². The Morgan fingerprint density at radius 3 is 2.40 bits per heavy atom. The molecular formula is C40H49N5O9S+2. The van der Waals surface area contributed by atoms with Gasteiger partial charge in [0.05, 0.1) is 41.0 Å². The smallest absolute Gasteiger partial charge is 0.355 e. The van der Waals surface area contributed by atoms with Gasteiger partial charge in [-0.2, -0.15) is 4.89 Å². The lowest BCUT2D eigenvalue weighted by atomic mass is 9.69. The fraction of sp³-hybridized carbons (Fsp3) is 0.500. The molecule has 1 saturated carbocycles. The van der Waals surface area contributed by atoms with E-state index in [9.17, 15) is 27.6 Å². The van der Waals surface area contributed by atoms with E-state index in [1.807, 2.05) is 24.3 Å². The van der Waals surface area contributed by atoms with Crippen LogP contribution in [0.15, 0.2) is 71.8 Å². The molecule has 55 heavy (non-hydrogen) atoms. The van der Waals surface area contributed by atoms with Gasteiger partial charge in [0.2, 0.25) is 5.91 Å². The van der Waals surface area contributed by atoms with E-state index in [2.05, 4.69) is 13.2 Å². The number of primary amides is 1. The van der Waals surface area contributed by atoms with E-state index in [-0.39, 0.29) is 35.6 Å². The first kappa shape index (κ1) is 37.4. The molecule has 292 valence electrons. The van der Waals surface area contributed by atoms with Crippen molar-refractivity contribution in [2.75, 3.05) is 69.9 Å². The fourth-order valence-electron chi connectivity index (χ4n) is 10.5. The SMILES string of the molecule is C=CCOOC(=O)C(C)C1C(=O)N2C(C(=O)OCC=C)=C3C(N4c5cccc6c(CC[N+]78CC[N+](CC(N)=O)(CC7)CC8)ccc(c56)S4(=O)=O)CCC[C@@H]3C12. The number of carbonyl (C=O) groups is 4. The molecule has 6 aliphatic heterocycles. The largest absolute Gasteiger partial charge is 0.457 e. The van der Waals surface area contributed by atoms with Crippen LogP contribution in [0.4, 0.5) is 5.69 Å². The van der Waals surface area contributed by atoms with Crippen molar-refractivity contribution >= 4 is 50.2 Å². The lowest BCUT2D eigenvalue weighted by molar-refractivity contribution is -1.08. The number of piperazine rings is 3. The van der Waals surface area contributed by atoms with E-state index >= 15 is 0 Å². The number of amides is 2. The summed E-state index contributed by atoms with van der Waals surface area (Å²) in [6.45, 7) is 15.7. The highest BCUT2D eigenvalue weighted by atomic mass is 32.2. The molecule has 9 rings (SSSR count). The van der Waals surface area contributed by atoms with Crippen LogP contribution in [-0.4, -0.2) is 124 Å². The number of esters is 1. The molecule has 2 amide bonds. The molecule has 4 unspecified atom stereocenters. The van der Waals surface area contributed by atoms with Crippen molar-refractivity contribution in [1.29, 1.82) is 0 Å². The molecule has 5 fully saturated rings. The van der Waals surface area contributed by atoms with Crippen LogP contribution in [0.3, 0.4) is 0 Å². The summed E-state index contributed by atoms with van der Waals surface area (Å²) in [5, 5.41) is 1.55. The Labute approximate surface area is 320 Å². The van der Waals surface area contributed by atoms with E-state index in [1.54, 1.807) is 13.0 Å². The second-order valence-electron chi connectivity index (χ2n) is 16.1. The van der Waals surface area contributed by atoms with Gasteiger partial charge in [-0.1, -0.05) is 50.3 Å². The summed E-state index contributed by atoms with van der Waals surface area (Å²) in [6, 6.07) is 8.05. The van der Waals surface area contributed by atoms with E-state index in [0.29, 0.717) is 42.5 Å². The number of nitrogens with zero attached hydrogens (tertiary/aromatic N) is 4. The molecule has 0 radical (unpaired) electrons. The highest BCUT2D eigenvalue weighted by Crippen LogP contribution is 2.56. The number of hydrogen-bond acceptors (Lipinski definition) is 9. The number of carbonyl (C=O) groups excluding carboxylic acids is 4. The topological polar surface area (TPSA) is 163 Å². The Balaban J connectivity index is 1.12. The molecule has 15 heteroatoms. The van der Waals surface area contributed by atoms with Gasteiger partial charge < -0.3 is 24.3 Å². The number of benzene rings is 2. The summed E-state index contributed by atoms with van der Waals surface area (Å²) < 4.78 is 38.2. The summed E-state index contributed by atoms with van der Waals surface area (Å²) in [7, 11) is -4.08. The Morgan fingerprint density at radius 2 is 1.71 bits per heavy atom. The van der Waals surface area contributed by atoms with Gasteiger partial charge in [0, 0.05) is 17.7 Å². The monoisotopic (exact) mass is 775 g/mol. The fourth-order valence-corrected chi connectivity index (χ4v) is 12.4. The van der Waals surface area contributed by atoms with Gasteiger partial charge in [0.1, 0.15) is 58.2 Å². The number of ether oxygens (including phenoxy) is 1. The maximum Gasteiger partial charge on any atom is 0.355 e. The van der Waals surface area contributed by atoms with Crippen molar-refractivity contribution in [3.05, 3.63) is 72.5 Å². The third-order valence-corrected chi connectivity index (χ3v) is 15.1. The van der Waals surface area contributed by atoms with Crippen LogP contribution < -0.4 is 10.0 Å². The van der Waals surface area contributed by atoms with Crippen LogP contribution in [0.2, 0.25) is 0 Å². The zero-order valence-electron chi connectivity index (χ0n) is 31.2. The van der Waals surface area contributed by atoms with Crippen LogP contribution in [0, 0.1) is 17.8 Å². The average molecular weight is 776 g/mol. The standard InChI is InChI=1S/C40H48N5O9S/c1-4-22-52-40(49)37-35-28(36-33(38(47)42(36)37)25(3)39(48)54-53-23-5-2)9-7-11-30(35)43-29-10-6-8-27-26(12-13-31(34(27)29)55(43,50)51)14-15-44-16-19-45(20-17-44,21-18-44)24-32(41)46/h4-6,8,10,12-13,25,28,30,33,36H,1-2,7,9,11,14-24H2,3H3,(H-,41,46)/q+1/p+1/t25?,28-,30?,33?,36?,44?,45?/m0/s1. The first-order chi connectivity index (χ1) is 26.4. The van der Waals surface area contributed by atoms with Crippen molar-refractivity contribution in [1.82, 2.24) is 4.90 Å². The Hall–Kier alpha value is -4.57. The first-order valence-corrected chi connectivity index (χ1v) is 20.7. The van der Waals surface area contributed by atoms with Crippen molar-refractivity contribution in [2.24, 2.45) is 23.5 Å². The predicted molar refractivity (Wildman–Crippen MR) is 201 cm³/mol. The van der Waals surface area contributed by atoms with Gasteiger partial charge in [-0.3, -0.25) is 18.8 Å². The maximum absolute atomic E-state index is 14.7. The molecule has 4 saturated heterocycles. The second-order valence-corrected chi connectivity index (χ2v) is 17.9. The number of quaternary nitrogens is 2. The van der Waals surface area contributed by atoms with Gasteiger partial charge in [0.15, 0.2) is 6.54 Å². The van der Waals surface area contributed by atoms with E-state index in [0.717, 1.165) is 72.1 Å². The third-order valence-electron chi connectivity index (χ3n) is 13.3. The molecule has 6 heterocycles. The minimum absolute atomic E-state index is 0.0114. The quantitative estimate of drug-likeness (QED) is 0.0578. The number of fused-ring (bicyclic) bond motifs is 6. The van der Waals surface area contributed by atoms with E-state index in [4.69, 9.17) is 20.2 Å². The van der Waals surface area contributed by atoms with Crippen LogP contribution in [0.5, 0.6) is 0 Å². The Morgan fingerprint density at radius 1 is 1.00 bits per heavy atom. The summed E-state index contributed by atoms with van der Waals surface area (Å²) >= 11 is 0. The van der Waals surface area contributed by atoms with Crippen LogP contribution >= 0.6 is 0 Å². The molecule has 0 spiro atoms. The van der Waals surface area contributed by atoms with Gasteiger partial charge >= 0.3 is 11.9 Å². The van der Waals surface area contributed by atoms with Gasteiger partial charge in [-0.05, 0) is 41.5 Å². The normalized spacial score (nSPS) is 30.4. The van der Waals surface area contributed by atoms with Crippen LogP contribution in [-0.2, 0) is 50.1 Å². The number of rotatable bonds is 14. The molecule has 2 aromatic rings. The molecule has 5 atom stereocenters. The molecule has 14 nitrogen and oxygen atoms in total. The summed E-state index contributed by atoms with van der Waals surface area (Å²) in [5.74, 6) is -4.17. The zero-order chi connectivity index (χ0) is 38.9. The maximum atomic E-state index is 14.7. The minimum Gasteiger partial charge on any atom is -0.457 e. The Bertz CT molecular complexity index is 2130. The van der Waals surface area contributed by atoms with Crippen molar-refractivity contribution < 1.29 is 51.1 Å². The molecule has 7 aliphatic rings. The second kappa shape index (κ2) is 13.9. The van der Waals surface area contributed by atoms with Crippen molar-refractivity contribution in [3.8, 4) is 0 Å². The summed E-state index contributed by atoms with van der Waals surface area (Å²) in [5.41, 5.74) is 7.82. The molecule has 2 bridgehead atoms. The predicted octanol–water partition coefficient (Wildman–Crippen LogP) is 2.33. The van der Waals surface area contributed by atoms with E-state index in [1.165, 1.54) is 21.4 Å². The lowest BCUT2D eigenvalue weighted by Gasteiger charge is -2.55. The molecule has 2 aromatic carbocycles. The molecular weight excluding hydrogens is 727 g/mol. The molecule has 2 N–H and O–H groups in total. The van der Waals surface area contributed by atoms with Gasteiger partial charge in [0.25, 0.3) is 15.9 Å². The number of β-lactam (4-membered cyclic amide) rings is 1. The number of hydrogen-bond donors (Lipinski definition) is 1. The number of anilines is 1. The zero-order valence-corrected chi connectivity index (χ0v) is 32.0. The van der Waals surface area contributed by atoms with Crippen molar-refractivity contribution in [3.63, 3.8) is 0 Å². The summed E-state index contributed by atoms with van der Waals surface area (Å²) in [4.78, 5) is 64.0. The lowest BCUT2D eigenvalue weighted by Crippen LogP contribution is -2.76. The third kappa shape index (κ3) is 5.89. The number of sulfonamides is 1. The Kier molecular flexibility index (Phi) is 9.42. The number of nitrogens with two attached hydrogens (primary N) is 1. The highest BCUT2D eigenvalue weighted by Gasteiger charge is 2.65.